The molecule has 86 valence electrons. The van der Waals surface area contributed by atoms with Gasteiger partial charge in [0, 0.05) is 17.6 Å². The van der Waals surface area contributed by atoms with Crippen LogP contribution in [-0.4, -0.2) is 14.8 Å². The van der Waals surface area contributed by atoms with E-state index in [1.54, 1.807) is 23.0 Å². The molecule has 2 N–H and O–H groups in total. The number of thiazole rings is 1. The first kappa shape index (κ1) is 11.8. The molecule has 0 spiro atoms. The number of aromatic nitrogens is 3. The molecule has 0 aliphatic rings. The molecule has 2 aromatic rings. The lowest BCUT2D eigenvalue weighted by atomic mass is 10.2. The van der Waals surface area contributed by atoms with Gasteiger partial charge in [0.25, 0.3) is 0 Å². The van der Waals surface area contributed by atoms with Gasteiger partial charge in [-0.3, -0.25) is 9.67 Å². The zero-order valence-corrected chi connectivity index (χ0v) is 11.3. The van der Waals surface area contributed by atoms with Crippen molar-refractivity contribution in [1.82, 2.24) is 14.8 Å². The highest BCUT2D eigenvalue weighted by Gasteiger charge is 2.18. The summed E-state index contributed by atoms with van der Waals surface area (Å²) in [7, 11) is 0. The highest BCUT2D eigenvalue weighted by molar-refractivity contribution is 9.10. The topological polar surface area (TPSA) is 56.7 Å². The maximum absolute atomic E-state index is 6.22. The molecule has 0 amide bonds. The zero-order valence-electron chi connectivity index (χ0n) is 8.93. The predicted molar refractivity (Wildman–Crippen MR) is 68.4 cm³/mol. The third kappa shape index (κ3) is 2.18. The fourth-order valence-electron chi connectivity index (χ4n) is 1.59. The molecule has 0 aliphatic heterocycles. The molecule has 0 saturated heterocycles. The minimum absolute atomic E-state index is 0.157. The van der Waals surface area contributed by atoms with E-state index in [4.69, 9.17) is 5.73 Å². The summed E-state index contributed by atoms with van der Waals surface area (Å²) in [6, 6.07) is -0.157. The first-order valence-corrected chi connectivity index (χ1v) is 6.76. The van der Waals surface area contributed by atoms with E-state index in [2.05, 4.69) is 32.9 Å². The number of hydrogen-bond donors (Lipinski definition) is 1. The van der Waals surface area contributed by atoms with Crippen molar-refractivity contribution in [3.8, 4) is 0 Å². The average molecular weight is 301 g/mol. The number of halogens is 1. The van der Waals surface area contributed by atoms with Crippen molar-refractivity contribution in [3.63, 3.8) is 0 Å². The second-order valence-corrected chi connectivity index (χ2v) is 5.25. The molecule has 0 aromatic carbocycles. The quantitative estimate of drug-likeness (QED) is 0.944. The summed E-state index contributed by atoms with van der Waals surface area (Å²) in [6.45, 7) is 3.00. The Bertz CT molecular complexity index is 451. The van der Waals surface area contributed by atoms with Crippen LogP contribution in [0.25, 0.3) is 0 Å². The van der Waals surface area contributed by atoms with Crippen LogP contribution in [-0.2, 0) is 6.54 Å². The summed E-state index contributed by atoms with van der Waals surface area (Å²) in [5.74, 6) is 0. The summed E-state index contributed by atoms with van der Waals surface area (Å²) in [5, 5.41) is 4.31. The van der Waals surface area contributed by atoms with Gasteiger partial charge in [0.2, 0.25) is 0 Å². The molecule has 1 unspecified atom stereocenters. The molecule has 4 nitrogen and oxygen atoms in total. The van der Waals surface area contributed by atoms with Crippen LogP contribution in [0.4, 0.5) is 0 Å². The Morgan fingerprint density at radius 3 is 3.00 bits per heavy atom. The Morgan fingerprint density at radius 2 is 2.38 bits per heavy atom. The number of aryl methyl sites for hydroxylation is 1. The van der Waals surface area contributed by atoms with E-state index in [1.165, 1.54) is 0 Å². The second-order valence-electron chi connectivity index (χ2n) is 3.48. The van der Waals surface area contributed by atoms with Crippen LogP contribution in [0.3, 0.4) is 0 Å². The summed E-state index contributed by atoms with van der Waals surface area (Å²) in [6.07, 6.45) is 4.65. The van der Waals surface area contributed by atoms with Gasteiger partial charge in [-0.05, 0) is 22.4 Å². The summed E-state index contributed by atoms with van der Waals surface area (Å²) in [5.41, 5.74) is 9.03. The molecule has 6 heteroatoms. The molecule has 0 aliphatic carbocycles. The van der Waals surface area contributed by atoms with Gasteiger partial charge in [0.15, 0.2) is 0 Å². The Morgan fingerprint density at radius 1 is 1.56 bits per heavy atom. The van der Waals surface area contributed by atoms with Crippen LogP contribution < -0.4 is 5.73 Å². The number of rotatable bonds is 4. The van der Waals surface area contributed by atoms with Crippen LogP contribution in [0.15, 0.2) is 22.4 Å². The van der Waals surface area contributed by atoms with Crippen molar-refractivity contribution in [1.29, 1.82) is 0 Å². The highest BCUT2D eigenvalue weighted by Crippen LogP contribution is 2.28. The predicted octanol–water partition coefficient (Wildman–Crippen LogP) is 2.56. The SMILES string of the molecule is CCCn1ncc(Br)c1C(N)c1cncs1. The fraction of sp³-hybridized carbons (Fsp3) is 0.400. The maximum atomic E-state index is 6.22. The van der Waals surface area contributed by atoms with Gasteiger partial charge in [-0.1, -0.05) is 6.92 Å². The molecule has 0 radical (unpaired) electrons. The van der Waals surface area contributed by atoms with Crippen molar-refractivity contribution in [2.24, 2.45) is 5.73 Å². The molecular weight excluding hydrogens is 288 g/mol. The standard InChI is InChI=1S/C10H13BrN4S/c1-2-3-15-10(7(11)4-14-15)9(12)8-5-13-6-16-8/h4-6,9H,2-3,12H2,1H3. The Labute approximate surface area is 107 Å². The normalized spacial score (nSPS) is 12.9. The molecule has 0 bridgehead atoms. The molecule has 2 aromatic heterocycles. The van der Waals surface area contributed by atoms with Gasteiger partial charge in [0.1, 0.15) is 0 Å². The van der Waals surface area contributed by atoms with Crippen LogP contribution in [0.1, 0.15) is 30.0 Å². The number of nitrogens with two attached hydrogens (primary N) is 1. The Hall–Kier alpha value is -0.720. The van der Waals surface area contributed by atoms with Crippen molar-refractivity contribution in [2.75, 3.05) is 0 Å². The van der Waals surface area contributed by atoms with Crippen LogP contribution in [0, 0.1) is 0 Å². The number of nitrogens with zero attached hydrogens (tertiary/aromatic N) is 3. The van der Waals surface area contributed by atoms with Crippen molar-refractivity contribution >= 4 is 27.3 Å². The van der Waals surface area contributed by atoms with Gasteiger partial charge in [-0.25, -0.2) is 0 Å². The van der Waals surface area contributed by atoms with Gasteiger partial charge in [-0.2, -0.15) is 5.10 Å². The lowest BCUT2D eigenvalue weighted by Crippen LogP contribution is -2.17. The molecule has 0 fully saturated rings. The second kappa shape index (κ2) is 5.07. The van der Waals surface area contributed by atoms with Crippen LogP contribution in [0.5, 0.6) is 0 Å². The Balaban J connectivity index is 2.35. The highest BCUT2D eigenvalue weighted by atomic mass is 79.9. The minimum atomic E-state index is -0.157. The smallest absolute Gasteiger partial charge is 0.0844 e. The number of hydrogen-bond acceptors (Lipinski definition) is 4. The third-order valence-electron chi connectivity index (χ3n) is 2.32. The first-order valence-electron chi connectivity index (χ1n) is 5.09. The monoisotopic (exact) mass is 300 g/mol. The van der Waals surface area contributed by atoms with E-state index in [9.17, 15) is 0 Å². The van der Waals surface area contributed by atoms with E-state index >= 15 is 0 Å². The van der Waals surface area contributed by atoms with E-state index in [-0.39, 0.29) is 6.04 Å². The lowest BCUT2D eigenvalue weighted by molar-refractivity contribution is 0.560. The van der Waals surface area contributed by atoms with Crippen LogP contribution in [0.2, 0.25) is 0 Å². The van der Waals surface area contributed by atoms with Crippen molar-refractivity contribution < 1.29 is 0 Å². The molecule has 2 heterocycles. The van der Waals surface area contributed by atoms with E-state index in [1.807, 2.05) is 10.9 Å². The minimum Gasteiger partial charge on any atom is -0.318 e. The van der Waals surface area contributed by atoms with Gasteiger partial charge >= 0.3 is 0 Å². The van der Waals surface area contributed by atoms with E-state index in [0.717, 1.165) is 28.0 Å². The van der Waals surface area contributed by atoms with Crippen LogP contribution >= 0.6 is 27.3 Å². The lowest BCUT2D eigenvalue weighted by Gasteiger charge is -2.12. The third-order valence-corrected chi connectivity index (χ3v) is 3.79. The molecule has 16 heavy (non-hydrogen) atoms. The first-order chi connectivity index (χ1) is 7.74. The zero-order chi connectivity index (χ0) is 11.5. The summed E-state index contributed by atoms with van der Waals surface area (Å²) >= 11 is 5.06. The Kier molecular flexibility index (Phi) is 3.73. The molecule has 2 rings (SSSR count). The average Bonchev–Trinajstić information content (AvgIpc) is 2.88. The van der Waals surface area contributed by atoms with Crippen molar-refractivity contribution in [3.05, 3.63) is 32.9 Å². The van der Waals surface area contributed by atoms with Gasteiger partial charge < -0.3 is 5.73 Å². The van der Waals surface area contributed by atoms with Crippen molar-refractivity contribution in [2.45, 2.75) is 25.9 Å². The molecule has 0 saturated carbocycles. The van der Waals surface area contributed by atoms with Gasteiger partial charge in [-0.15, -0.1) is 11.3 Å². The summed E-state index contributed by atoms with van der Waals surface area (Å²) < 4.78 is 2.91. The van der Waals surface area contributed by atoms with Gasteiger partial charge in [0.05, 0.1) is 27.9 Å². The summed E-state index contributed by atoms with van der Waals surface area (Å²) in [4.78, 5) is 5.11. The fourth-order valence-corrected chi connectivity index (χ4v) is 2.75. The van der Waals surface area contributed by atoms with E-state index < -0.39 is 0 Å². The largest absolute Gasteiger partial charge is 0.318 e. The molecule has 1 atom stereocenters. The maximum Gasteiger partial charge on any atom is 0.0844 e. The van der Waals surface area contributed by atoms with E-state index in [0.29, 0.717) is 0 Å². The molecular formula is C10H13BrN4S.